The van der Waals surface area contributed by atoms with Gasteiger partial charge in [0.2, 0.25) is 0 Å². The van der Waals surface area contributed by atoms with Crippen molar-refractivity contribution in [3.63, 3.8) is 0 Å². The highest BCUT2D eigenvalue weighted by Crippen LogP contribution is 2.19. The Hall–Kier alpha value is -2.63. The number of nitrogens with zero attached hydrogens (tertiary/aromatic N) is 1. The van der Waals surface area contributed by atoms with E-state index in [1.165, 1.54) is 17.7 Å². The summed E-state index contributed by atoms with van der Waals surface area (Å²) in [6, 6.07) is 16.2. The van der Waals surface area contributed by atoms with Crippen LogP contribution in [0.15, 0.2) is 65.3 Å². The average Bonchev–Trinajstić information content (AvgIpc) is 3.14. The van der Waals surface area contributed by atoms with Crippen LogP contribution in [0.25, 0.3) is 0 Å². The Labute approximate surface area is 165 Å². The van der Waals surface area contributed by atoms with Crippen molar-refractivity contribution in [1.29, 1.82) is 0 Å². The lowest BCUT2D eigenvalue weighted by molar-refractivity contribution is 0.0602. The minimum atomic E-state index is -0.691. The standard InChI is InChI=1S/C23H26FNO3/c1-17-8-9-23(18(2)11-17)28-16-21(26)14-25(15-22-7-4-10-27-22)13-19-5-3-6-20(24)12-19/h3-12,21,26H,13-16H2,1-2H3. The summed E-state index contributed by atoms with van der Waals surface area (Å²) in [5, 5.41) is 10.5. The van der Waals surface area contributed by atoms with E-state index >= 15 is 0 Å². The van der Waals surface area contributed by atoms with Gasteiger partial charge in [-0.15, -0.1) is 0 Å². The molecule has 2 aromatic carbocycles. The zero-order valence-corrected chi connectivity index (χ0v) is 16.3. The summed E-state index contributed by atoms with van der Waals surface area (Å²) in [5.41, 5.74) is 3.05. The SMILES string of the molecule is Cc1ccc(OCC(O)CN(Cc2cccc(F)c2)Cc2ccco2)c(C)c1. The zero-order chi connectivity index (χ0) is 19.9. The highest BCUT2D eigenvalue weighted by atomic mass is 19.1. The molecular weight excluding hydrogens is 357 g/mol. The fourth-order valence-corrected chi connectivity index (χ4v) is 3.20. The Balaban J connectivity index is 1.62. The van der Waals surface area contributed by atoms with Crippen LogP contribution in [-0.4, -0.2) is 29.3 Å². The molecule has 0 bridgehead atoms. The molecule has 0 saturated heterocycles. The number of rotatable bonds is 9. The van der Waals surface area contributed by atoms with Crippen LogP contribution >= 0.6 is 0 Å². The normalized spacial score (nSPS) is 12.3. The van der Waals surface area contributed by atoms with Crippen LogP contribution in [-0.2, 0) is 13.1 Å². The Morgan fingerprint density at radius 3 is 2.64 bits per heavy atom. The predicted octanol–water partition coefficient (Wildman–Crippen LogP) is 4.48. The van der Waals surface area contributed by atoms with Crippen molar-refractivity contribution in [2.24, 2.45) is 0 Å². The maximum atomic E-state index is 13.5. The molecule has 28 heavy (non-hydrogen) atoms. The monoisotopic (exact) mass is 383 g/mol. The molecule has 3 rings (SSSR count). The molecule has 0 spiro atoms. The van der Waals surface area contributed by atoms with Crippen molar-refractivity contribution in [1.82, 2.24) is 4.90 Å². The van der Waals surface area contributed by atoms with Gasteiger partial charge in [0.25, 0.3) is 0 Å². The topological polar surface area (TPSA) is 45.8 Å². The minimum Gasteiger partial charge on any atom is -0.491 e. The minimum absolute atomic E-state index is 0.182. The molecule has 0 aliphatic rings. The van der Waals surface area contributed by atoms with Gasteiger partial charge < -0.3 is 14.3 Å². The summed E-state index contributed by atoms with van der Waals surface area (Å²) in [6.45, 7) is 5.60. The van der Waals surface area contributed by atoms with Crippen molar-refractivity contribution >= 4 is 0 Å². The Kier molecular flexibility index (Phi) is 6.85. The van der Waals surface area contributed by atoms with Crippen LogP contribution in [0.1, 0.15) is 22.5 Å². The fourth-order valence-electron chi connectivity index (χ4n) is 3.20. The van der Waals surface area contributed by atoms with E-state index in [0.29, 0.717) is 19.6 Å². The van der Waals surface area contributed by atoms with E-state index < -0.39 is 6.10 Å². The maximum absolute atomic E-state index is 13.5. The van der Waals surface area contributed by atoms with Gasteiger partial charge >= 0.3 is 0 Å². The number of hydrogen-bond acceptors (Lipinski definition) is 4. The molecule has 0 fully saturated rings. The Bertz CT molecular complexity index is 879. The number of aliphatic hydroxyl groups excluding tert-OH is 1. The number of aryl methyl sites for hydroxylation is 2. The zero-order valence-electron chi connectivity index (χ0n) is 16.3. The third-order valence-corrected chi connectivity index (χ3v) is 4.49. The molecule has 1 atom stereocenters. The largest absolute Gasteiger partial charge is 0.491 e. The van der Waals surface area contributed by atoms with Crippen molar-refractivity contribution in [2.75, 3.05) is 13.2 Å². The second-order valence-electron chi connectivity index (χ2n) is 7.11. The van der Waals surface area contributed by atoms with Gasteiger partial charge in [-0.25, -0.2) is 4.39 Å². The molecule has 4 nitrogen and oxygen atoms in total. The van der Waals surface area contributed by atoms with Crippen molar-refractivity contribution < 1.29 is 18.7 Å². The van der Waals surface area contributed by atoms with Gasteiger partial charge in [0.05, 0.1) is 12.8 Å². The first-order valence-corrected chi connectivity index (χ1v) is 9.37. The molecule has 0 amide bonds. The van der Waals surface area contributed by atoms with E-state index in [1.54, 1.807) is 12.3 Å². The quantitative estimate of drug-likeness (QED) is 0.592. The van der Waals surface area contributed by atoms with Crippen molar-refractivity contribution in [3.05, 3.63) is 89.1 Å². The van der Waals surface area contributed by atoms with E-state index in [2.05, 4.69) is 6.07 Å². The number of halogens is 1. The maximum Gasteiger partial charge on any atom is 0.123 e. The fraction of sp³-hybridized carbons (Fsp3) is 0.304. The predicted molar refractivity (Wildman–Crippen MR) is 107 cm³/mol. The van der Waals surface area contributed by atoms with Crippen molar-refractivity contribution in [2.45, 2.75) is 33.0 Å². The third-order valence-electron chi connectivity index (χ3n) is 4.49. The number of aliphatic hydroxyl groups is 1. The van der Waals surface area contributed by atoms with Gasteiger partial charge in [-0.2, -0.15) is 0 Å². The molecule has 0 saturated carbocycles. The first-order chi connectivity index (χ1) is 13.5. The van der Waals surface area contributed by atoms with Gasteiger partial charge in [-0.05, 0) is 55.3 Å². The van der Waals surface area contributed by atoms with E-state index in [4.69, 9.17) is 9.15 Å². The lowest BCUT2D eigenvalue weighted by Crippen LogP contribution is -2.35. The van der Waals surface area contributed by atoms with Crippen LogP contribution in [0, 0.1) is 19.7 Å². The van der Waals surface area contributed by atoms with Gasteiger partial charge in [0.1, 0.15) is 30.0 Å². The summed E-state index contributed by atoms with van der Waals surface area (Å²) in [7, 11) is 0. The van der Waals surface area contributed by atoms with Crippen LogP contribution in [0.2, 0.25) is 0 Å². The lowest BCUT2D eigenvalue weighted by atomic mass is 10.1. The van der Waals surface area contributed by atoms with Crippen LogP contribution in [0.4, 0.5) is 4.39 Å². The average molecular weight is 383 g/mol. The summed E-state index contributed by atoms with van der Waals surface area (Å²) in [6.07, 6.45) is 0.930. The Morgan fingerprint density at radius 2 is 1.93 bits per heavy atom. The molecule has 3 aromatic rings. The number of hydrogen-bond donors (Lipinski definition) is 1. The van der Waals surface area contributed by atoms with E-state index in [9.17, 15) is 9.50 Å². The molecule has 1 heterocycles. The molecule has 1 N–H and O–H groups in total. The second kappa shape index (κ2) is 9.53. The highest BCUT2D eigenvalue weighted by molar-refractivity contribution is 5.35. The molecule has 0 radical (unpaired) electrons. The summed E-state index contributed by atoms with van der Waals surface area (Å²) >= 11 is 0. The third kappa shape index (κ3) is 5.94. The lowest BCUT2D eigenvalue weighted by Gasteiger charge is -2.24. The van der Waals surface area contributed by atoms with Crippen LogP contribution in [0.3, 0.4) is 0 Å². The number of benzene rings is 2. The number of furan rings is 1. The molecule has 0 aliphatic heterocycles. The second-order valence-corrected chi connectivity index (χ2v) is 7.11. The van der Waals surface area contributed by atoms with Crippen LogP contribution < -0.4 is 4.74 Å². The first kappa shape index (κ1) is 20.1. The molecule has 1 aromatic heterocycles. The summed E-state index contributed by atoms with van der Waals surface area (Å²) in [5.74, 6) is 1.29. The summed E-state index contributed by atoms with van der Waals surface area (Å²) < 4.78 is 24.8. The molecule has 1 unspecified atom stereocenters. The van der Waals surface area contributed by atoms with E-state index in [1.807, 2.05) is 49.1 Å². The summed E-state index contributed by atoms with van der Waals surface area (Å²) in [4.78, 5) is 2.02. The molecule has 148 valence electrons. The first-order valence-electron chi connectivity index (χ1n) is 9.37. The van der Waals surface area contributed by atoms with E-state index in [0.717, 1.165) is 22.6 Å². The highest BCUT2D eigenvalue weighted by Gasteiger charge is 2.16. The van der Waals surface area contributed by atoms with Gasteiger partial charge in [0, 0.05) is 13.1 Å². The molecule has 0 aliphatic carbocycles. The number of ether oxygens (including phenoxy) is 1. The van der Waals surface area contributed by atoms with Crippen molar-refractivity contribution in [3.8, 4) is 5.75 Å². The Morgan fingerprint density at radius 1 is 1.07 bits per heavy atom. The van der Waals surface area contributed by atoms with Gasteiger partial charge in [-0.3, -0.25) is 4.90 Å². The van der Waals surface area contributed by atoms with Crippen LogP contribution in [0.5, 0.6) is 5.75 Å². The van der Waals surface area contributed by atoms with Gasteiger partial charge in [0.15, 0.2) is 0 Å². The van der Waals surface area contributed by atoms with Gasteiger partial charge in [-0.1, -0.05) is 29.8 Å². The smallest absolute Gasteiger partial charge is 0.123 e. The molecular formula is C23H26FNO3. The van der Waals surface area contributed by atoms with E-state index in [-0.39, 0.29) is 12.4 Å². The molecule has 5 heteroatoms.